The van der Waals surface area contributed by atoms with Crippen LogP contribution in [-0.4, -0.2) is 43.1 Å². The van der Waals surface area contributed by atoms with E-state index < -0.39 is 22.4 Å². The Balaban J connectivity index is 1.97. The Labute approximate surface area is 123 Å². The van der Waals surface area contributed by atoms with E-state index in [2.05, 4.69) is 0 Å². The zero-order chi connectivity index (χ0) is 15.2. The van der Waals surface area contributed by atoms with Crippen molar-refractivity contribution in [2.75, 3.05) is 13.1 Å². The Kier molecular flexibility index (Phi) is 3.77. The molecular weight excluding hydrogens is 297 g/mol. The molecule has 0 saturated carbocycles. The molecule has 2 saturated heterocycles. The van der Waals surface area contributed by atoms with E-state index >= 15 is 0 Å². The monoisotopic (exact) mass is 315 g/mol. The second-order valence-electron chi connectivity index (χ2n) is 5.65. The van der Waals surface area contributed by atoms with Crippen molar-refractivity contribution < 1.29 is 22.7 Å². The first-order valence-corrected chi connectivity index (χ1v) is 8.41. The van der Waals surface area contributed by atoms with E-state index in [4.69, 9.17) is 9.84 Å². The van der Waals surface area contributed by atoms with Crippen LogP contribution in [0.3, 0.4) is 0 Å². The van der Waals surface area contributed by atoms with Crippen molar-refractivity contribution in [2.24, 2.45) is 0 Å². The highest BCUT2D eigenvalue weighted by atomic mass is 32.2. The summed E-state index contributed by atoms with van der Waals surface area (Å²) in [7, 11) is -3.68. The molecule has 2 aliphatic heterocycles. The van der Waals surface area contributed by atoms with Crippen LogP contribution in [0.1, 0.15) is 24.0 Å². The predicted octanol–water partition coefficient (Wildman–Crippen LogP) is 1.18. The highest BCUT2D eigenvalue weighted by Crippen LogP contribution is 2.30. The van der Waals surface area contributed by atoms with E-state index in [9.17, 15) is 12.8 Å². The van der Waals surface area contributed by atoms with Crippen molar-refractivity contribution >= 4 is 10.0 Å². The molecule has 2 atom stereocenters. The summed E-state index contributed by atoms with van der Waals surface area (Å²) in [6.45, 7) is 1.65. The minimum absolute atomic E-state index is 0.00445. The van der Waals surface area contributed by atoms with Crippen LogP contribution in [-0.2, 0) is 21.4 Å². The molecule has 0 aromatic heterocycles. The van der Waals surface area contributed by atoms with E-state index in [-0.39, 0.29) is 28.2 Å². The minimum atomic E-state index is -3.68. The van der Waals surface area contributed by atoms with Crippen molar-refractivity contribution in [2.45, 2.75) is 43.5 Å². The molecule has 116 valence electrons. The van der Waals surface area contributed by atoms with Gasteiger partial charge < -0.3 is 9.84 Å². The standard InChI is InChI=1S/C14H18FNO4S/c1-9-4-13(5-10(8-17)14(9)15)21(18,19)16-6-11-2-3-12(7-16)20-11/h4-5,11-12,17H,2-3,6-8H2,1H3. The third-order valence-corrected chi connectivity index (χ3v) is 5.93. The molecule has 21 heavy (non-hydrogen) atoms. The van der Waals surface area contributed by atoms with Gasteiger partial charge in [0.25, 0.3) is 0 Å². The zero-order valence-electron chi connectivity index (χ0n) is 11.8. The zero-order valence-corrected chi connectivity index (χ0v) is 12.6. The predicted molar refractivity (Wildman–Crippen MR) is 73.7 cm³/mol. The molecule has 1 N–H and O–H groups in total. The fraction of sp³-hybridized carbons (Fsp3) is 0.571. The maximum absolute atomic E-state index is 13.8. The van der Waals surface area contributed by atoms with Crippen LogP contribution in [0.15, 0.2) is 17.0 Å². The number of nitrogens with zero attached hydrogens (tertiary/aromatic N) is 1. The number of hydrogen-bond donors (Lipinski definition) is 1. The molecule has 0 spiro atoms. The molecule has 1 aromatic carbocycles. The topological polar surface area (TPSA) is 66.8 Å². The lowest BCUT2D eigenvalue weighted by atomic mass is 10.1. The molecule has 0 radical (unpaired) electrons. The van der Waals surface area contributed by atoms with Gasteiger partial charge >= 0.3 is 0 Å². The van der Waals surface area contributed by atoms with Gasteiger partial charge in [0.15, 0.2) is 0 Å². The number of aliphatic hydroxyl groups excluding tert-OH is 1. The number of halogens is 1. The van der Waals surface area contributed by atoms with E-state index in [1.54, 1.807) is 0 Å². The third kappa shape index (κ3) is 2.59. The summed E-state index contributed by atoms with van der Waals surface area (Å²) in [4.78, 5) is 0.0340. The van der Waals surface area contributed by atoms with E-state index in [0.29, 0.717) is 13.1 Å². The van der Waals surface area contributed by atoms with Gasteiger partial charge in [-0.15, -0.1) is 0 Å². The first-order valence-electron chi connectivity index (χ1n) is 6.97. The molecule has 1 aromatic rings. The number of sulfonamides is 1. The van der Waals surface area contributed by atoms with Gasteiger partial charge in [-0.25, -0.2) is 12.8 Å². The molecule has 2 fully saturated rings. The van der Waals surface area contributed by atoms with Crippen LogP contribution in [0.25, 0.3) is 0 Å². The van der Waals surface area contributed by atoms with Crippen molar-refractivity contribution in [3.63, 3.8) is 0 Å². The van der Waals surface area contributed by atoms with Gasteiger partial charge in [-0.1, -0.05) is 0 Å². The fourth-order valence-electron chi connectivity index (χ4n) is 2.99. The van der Waals surface area contributed by atoms with Crippen molar-refractivity contribution in [3.05, 3.63) is 29.1 Å². The number of aryl methyl sites for hydroxylation is 1. The third-order valence-electron chi connectivity index (χ3n) is 4.12. The van der Waals surface area contributed by atoms with Gasteiger partial charge in [0.1, 0.15) is 5.82 Å². The lowest BCUT2D eigenvalue weighted by Crippen LogP contribution is -2.45. The summed E-state index contributed by atoms with van der Waals surface area (Å²) >= 11 is 0. The Morgan fingerprint density at radius 1 is 1.33 bits per heavy atom. The van der Waals surface area contributed by atoms with Gasteiger partial charge in [-0.3, -0.25) is 0 Å². The number of benzene rings is 1. The Bertz CT molecular complexity index is 649. The lowest BCUT2D eigenvalue weighted by molar-refractivity contribution is -0.0114. The van der Waals surface area contributed by atoms with E-state index in [1.165, 1.54) is 23.4 Å². The van der Waals surface area contributed by atoms with Crippen LogP contribution in [0.2, 0.25) is 0 Å². The number of hydrogen-bond acceptors (Lipinski definition) is 4. The summed E-state index contributed by atoms with van der Waals surface area (Å²) < 4.78 is 46.2. The molecule has 7 heteroatoms. The summed E-state index contributed by atoms with van der Waals surface area (Å²) in [5.41, 5.74) is 0.223. The van der Waals surface area contributed by atoms with Crippen molar-refractivity contribution in [1.82, 2.24) is 4.31 Å². The van der Waals surface area contributed by atoms with Crippen LogP contribution in [0.5, 0.6) is 0 Å². The molecule has 2 heterocycles. The number of fused-ring (bicyclic) bond motifs is 2. The maximum atomic E-state index is 13.8. The number of ether oxygens (including phenoxy) is 1. The highest BCUT2D eigenvalue weighted by molar-refractivity contribution is 7.89. The van der Waals surface area contributed by atoms with Gasteiger partial charge in [-0.2, -0.15) is 4.31 Å². The van der Waals surface area contributed by atoms with Gasteiger partial charge in [0, 0.05) is 18.7 Å². The molecule has 2 unspecified atom stereocenters. The SMILES string of the molecule is Cc1cc(S(=O)(=O)N2CC3CCC(C2)O3)cc(CO)c1F. The van der Waals surface area contributed by atoms with Gasteiger partial charge in [0.05, 0.1) is 23.7 Å². The average Bonchev–Trinajstić information content (AvgIpc) is 2.79. The summed E-state index contributed by atoms with van der Waals surface area (Å²) in [6, 6.07) is 2.54. The summed E-state index contributed by atoms with van der Waals surface area (Å²) in [5.74, 6) is -0.557. The summed E-state index contributed by atoms with van der Waals surface area (Å²) in [5, 5.41) is 9.17. The molecule has 2 aliphatic rings. The van der Waals surface area contributed by atoms with Gasteiger partial charge in [0.2, 0.25) is 10.0 Å². The van der Waals surface area contributed by atoms with E-state index in [0.717, 1.165) is 12.8 Å². The number of rotatable bonds is 3. The Morgan fingerprint density at radius 2 is 1.95 bits per heavy atom. The van der Waals surface area contributed by atoms with Crippen molar-refractivity contribution in [1.29, 1.82) is 0 Å². The largest absolute Gasteiger partial charge is 0.392 e. The molecule has 0 aliphatic carbocycles. The summed E-state index contributed by atoms with van der Waals surface area (Å²) in [6.07, 6.45) is 1.66. The molecular formula is C14H18FNO4S. The highest BCUT2D eigenvalue weighted by Gasteiger charge is 2.39. The van der Waals surface area contributed by atoms with Crippen LogP contribution >= 0.6 is 0 Å². The molecule has 0 amide bonds. The van der Waals surface area contributed by atoms with Crippen LogP contribution in [0, 0.1) is 12.7 Å². The molecule has 5 nitrogen and oxygen atoms in total. The normalized spacial score (nSPS) is 26.2. The van der Waals surface area contributed by atoms with Crippen LogP contribution in [0.4, 0.5) is 4.39 Å². The minimum Gasteiger partial charge on any atom is -0.392 e. The molecule has 2 bridgehead atoms. The molecule has 3 rings (SSSR count). The first-order chi connectivity index (χ1) is 9.91. The fourth-order valence-corrected chi connectivity index (χ4v) is 4.63. The smallest absolute Gasteiger partial charge is 0.243 e. The average molecular weight is 315 g/mol. The number of morpholine rings is 1. The van der Waals surface area contributed by atoms with Gasteiger partial charge in [-0.05, 0) is 37.5 Å². The van der Waals surface area contributed by atoms with Crippen molar-refractivity contribution in [3.8, 4) is 0 Å². The van der Waals surface area contributed by atoms with E-state index in [1.807, 2.05) is 0 Å². The quantitative estimate of drug-likeness (QED) is 0.909. The Hall–Kier alpha value is -1.02. The maximum Gasteiger partial charge on any atom is 0.243 e. The Morgan fingerprint density at radius 3 is 2.52 bits per heavy atom. The second kappa shape index (κ2) is 5.31. The number of aliphatic hydroxyl groups is 1. The second-order valence-corrected chi connectivity index (χ2v) is 7.59. The lowest BCUT2D eigenvalue weighted by Gasteiger charge is -2.31. The van der Waals surface area contributed by atoms with Crippen LogP contribution < -0.4 is 0 Å². The first kappa shape index (κ1) is 14.9.